The van der Waals surface area contributed by atoms with Gasteiger partial charge in [-0.05, 0) is 31.0 Å². The molecule has 0 spiro atoms. The molecule has 2 unspecified atom stereocenters. The van der Waals surface area contributed by atoms with Crippen LogP contribution in [0.5, 0.6) is 5.75 Å². The lowest BCUT2D eigenvalue weighted by Gasteiger charge is -2.20. The van der Waals surface area contributed by atoms with Gasteiger partial charge in [-0.25, -0.2) is 24.0 Å². The highest BCUT2D eigenvalue weighted by Crippen LogP contribution is 2.49. The molecular weight excluding hydrogens is 497 g/mol. The van der Waals surface area contributed by atoms with E-state index >= 15 is 0 Å². The number of para-hydroxylation sites is 1. The van der Waals surface area contributed by atoms with Crippen LogP contribution < -0.4 is 10.3 Å². The van der Waals surface area contributed by atoms with E-state index in [1.807, 2.05) is 43.3 Å². The van der Waals surface area contributed by atoms with Gasteiger partial charge in [0.05, 0.1) is 32.2 Å². The van der Waals surface area contributed by atoms with Crippen molar-refractivity contribution in [3.63, 3.8) is 0 Å². The van der Waals surface area contributed by atoms with Crippen molar-refractivity contribution in [3.05, 3.63) is 78.9 Å². The zero-order valence-electron chi connectivity index (χ0n) is 20.5. The van der Waals surface area contributed by atoms with Crippen LogP contribution in [0.4, 0.5) is 5.82 Å². The maximum Gasteiger partial charge on any atom is 0.532 e. The summed E-state index contributed by atoms with van der Waals surface area (Å²) in [5.41, 5.74) is 8.04. The molecule has 0 amide bonds. The first-order valence-electron chi connectivity index (χ1n) is 11.8. The van der Waals surface area contributed by atoms with Gasteiger partial charge >= 0.3 is 7.82 Å². The summed E-state index contributed by atoms with van der Waals surface area (Å²) in [6.07, 6.45) is 3.17. The van der Waals surface area contributed by atoms with E-state index in [0.717, 1.165) is 5.56 Å². The molecule has 0 fully saturated rings. The largest absolute Gasteiger partial charge is 0.532 e. The second-order valence-corrected chi connectivity index (χ2v) is 9.72. The number of phosphoric ester groups is 1. The Morgan fingerprint density at radius 2 is 1.73 bits per heavy atom. The summed E-state index contributed by atoms with van der Waals surface area (Å²) in [5.74, 6) is 0.670. The predicted octanol–water partition coefficient (Wildman–Crippen LogP) is 4.60. The Kier molecular flexibility index (Phi) is 9.58. The van der Waals surface area contributed by atoms with Gasteiger partial charge in [0.15, 0.2) is 18.3 Å². The number of nitrogens with zero attached hydrogens (tertiary/aromatic N) is 4. The quantitative estimate of drug-likeness (QED) is 0.133. The van der Waals surface area contributed by atoms with Crippen LogP contribution in [0.2, 0.25) is 0 Å². The molecule has 0 bridgehead atoms. The molecule has 2 atom stereocenters. The van der Waals surface area contributed by atoms with Crippen LogP contribution in [0.1, 0.15) is 18.9 Å². The molecule has 2 heterocycles. The Hall–Kier alpha value is -3.34. The van der Waals surface area contributed by atoms with Crippen LogP contribution >= 0.6 is 7.82 Å². The van der Waals surface area contributed by atoms with Crippen LogP contribution in [-0.4, -0.2) is 45.6 Å². The zero-order chi connectivity index (χ0) is 25.9. The third-order valence-corrected chi connectivity index (χ3v) is 6.56. The standard InChI is InChI=1S/C25H30N5O6P/c1-20(15-30-18-29-23-24(26)27-17-28-25(23)30)33-19-35-37(31,36-22-11-6-3-7-12-22)34-14-8-13-32-16-21-9-4-2-5-10-21/h2-7,9-12,17-18,20H,8,13-16,19H2,1H3,(H2,26,27,28). The highest BCUT2D eigenvalue weighted by atomic mass is 31.2. The fourth-order valence-corrected chi connectivity index (χ4v) is 4.48. The molecule has 4 aromatic rings. The summed E-state index contributed by atoms with van der Waals surface area (Å²) >= 11 is 0. The highest BCUT2D eigenvalue weighted by Gasteiger charge is 2.29. The van der Waals surface area contributed by atoms with Crippen molar-refractivity contribution < 1.29 is 27.6 Å². The third-order valence-electron chi connectivity index (χ3n) is 5.20. The molecule has 0 aliphatic rings. The normalized spacial score (nSPS) is 13.9. The van der Waals surface area contributed by atoms with E-state index < -0.39 is 7.82 Å². The van der Waals surface area contributed by atoms with Gasteiger partial charge in [-0.2, -0.15) is 0 Å². The maximum absolute atomic E-state index is 13.3. The Bertz CT molecular complexity index is 1290. The van der Waals surface area contributed by atoms with E-state index in [0.29, 0.717) is 48.9 Å². The van der Waals surface area contributed by atoms with Crippen molar-refractivity contribution in [2.75, 3.05) is 25.7 Å². The molecule has 0 radical (unpaired) electrons. The lowest BCUT2D eigenvalue weighted by molar-refractivity contribution is -0.0479. The second kappa shape index (κ2) is 13.3. The monoisotopic (exact) mass is 527 g/mol. The number of anilines is 1. The third kappa shape index (κ3) is 8.08. The maximum atomic E-state index is 13.3. The number of aromatic nitrogens is 4. The predicted molar refractivity (Wildman–Crippen MR) is 138 cm³/mol. The minimum absolute atomic E-state index is 0.122. The summed E-state index contributed by atoms with van der Waals surface area (Å²) < 4.78 is 43.1. The molecular formula is C25H30N5O6P. The van der Waals surface area contributed by atoms with Crippen molar-refractivity contribution in [2.24, 2.45) is 0 Å². The van der Waals surface area contributed by atoms with Crippen LogP contribution in [-0.2, 0) is 36.2 Å². The van der Waals surface area contributed by atoms with Crippen LogP contribution in [0.25, 0.3) is 11.2 Å². The fraction of sp³-hybridized carbons (Fsp3) is 0.320. The van der Waals surface area contributed by atoms with E-state index in [1.165, 1.54) is 6.33 Å². The van der Waals surface area contributed by atoms with Crippen molar-refractivity contribution in [1.29, 1.82) is 0 Å². The first kappa shape index (κ1) is 26.7. The molecule has 2 aromatic heterocycles. The van der Waals surface area contributed by atoms with Gasteiger partial charge in [-0.1, -0.05) is 48.5 Å². The zero-order valence-corrected chi connectivity index (χ0v) is 21.4. The van der Waals surface area contributed by atoms with Crippen LogP contribution in [0, 0.1) is 0 Å². The molecule has 2 aromatic carbocycles. The fourth-order valence-electron chi connectivity index (χ4n) is 3.38. The summed E-state index contributed by atoms with van der Waals surface area (Å²) in [7, 11) is -3.96. The van der Waals surface area contributed by atoms with Crippen LogP contribution in [0.15, 0.2) is 73.3 Å². The van der Waals surface area contributed by atoms with Gasteiger partial charge in [-0.3, -0.25) is 4.52 Å². The smallest absolute Gasteiger partial charge is 0.404 e. The van der Waals surface area contributed by atoms with Crippen LogP contribution in [0.3, 0.4) is 0 Å². The lowest BCUT2D eigenvalue weighted by atomic mass is 10.2. The van der Waals surface area contributed by atoms with E-state index in [-0.39, 0.29) is 19.5 Å². The van der Waals surface area contributed by atoms with Crippen molar-refractivity contribution in [3.8, 4) is 5.75 Å². The number of imidazole rings is 1. The Morgan fingerprint density at radius 3 is 2.51 bits per heavy atom. The number of nitrogen functional groups attached to an aromatic ring is 1. The summed E-state index contributed by atoms with van der Waals surface area (Å²) in [6.45, 7) is 3.00. The molecule has 4 rings (SSSR count). The number of benzene rings is 2. The van der Waals surface area contributed by atoms with Crippen molar-refractivity contribution in [1.82, 2.24) is 19.5 Å². The second-order valence-electron chi connectivity index (χ2n) is 8.13. The van der Waals surface area contributed by atoms with Gasteiger partial charge in [0, 0.05) is 6.61 Å². The number of phosphoric acid groups is 1. The number of ether oxygens (including phenoxy) is 2. The number of hydrogen-bond donors (Lipinski definition) is 1. The van der Waals surface area contributed by atoms with Gasteiger partial charge in [0.1, 0.15) is 17.6 Å². The van der Waals surface area contributed by atoms with E-state index in [9.17, 15) is 4.57 Å². The van der Waals surface area contributed by atoms with Gasteiger partial charge in [0.25, 0.3) is 0 Å². The minimum atomic E-state index is -3.96. The molecule has 0 saturated heterocycles. The molecule has 0 aliphatic heterocycles. The SMILES string of the molecule is CC(Cn1cnc2c(N)ncnc21)OCOP(=O)(OCCCOCc1ccccc1)Oc1ccccc1. The first-order valence-corrected chi connectivity index (χ1v) is 13.3. The summed E-state index contributed by atoms with van der Waals surface area (Å²) in [5, 5.41) is 0. The minimum Gasteiger partial charge on any atom is -0.404 e. The lowest BCUT2D eigenvalue weighted by Crippen LogP contribution is -2.18. The average Bonchev–Trinajstić information content (AvgIpc) is 3.31. The van der Waals surface area contributed by atoms with Crippen molar-refractivity contribution in [2.45, 2.75) is 32.6 Å². The Morgan fingerprint density at radius 1 is 0.973 bits per heavy atom. The molecule has 37 heavy (non-hydrogen) atoms. The van der Waals surface area contributed by atoms with Gasteiger partial charge < -0.3 is 24.3 Å². The molecule has 0 aliphatic carbocycles. The topological polar surface area (TPSA) is 133 Å². The molecule has 196 valence electrons. The van der Waals surface area contributed by atoms with E-state index in [2.05, 4.69) is 15.0 Å². The number of nitrogens with two attached hydrogens (primary N) is 1. The van der Waals surface area contributed by atoms with Gasteiger partial charge in [-0.15, -0.1) is 0 Å². The van der Waals surface area contributed by atoms with E-state index in [1.54, 1.807) is 35.2 Å². The number of rotatable bonds is 15. The first-order chi connectivity index (χ1) is 18.0. The average molecular weight is 528 g/mol. The summed E-state index contributed by atoms with van der Waals surface area (Å²) in [4.78, 5) is 12.4. The van der Waals surface area contributed by atoms with Crippen molar-refractivity contribution >= 4 is 24.8 Å². The van der Waals surface area contributed by atoms with E-state index in [4.69, 9.17) is 28.8 Å². The Labute approximate surface area is 215 Å². The molecule has 0 saturated carbocycles. The molecule has 11 nitrogen and oxygen atoms in total. The molecule has 12 heteroatoms. The number of fused-ring (bicyclic) bond motifs is 1. The Balaban J connectivity index is 1.26. The highest BCUT2D eigenvalue weighted by molar-refractivity contribution is 7.48. The number of hydrogen-bond acceptors (Lipinski definition) is 10. The van der Waals surface area contributed by atoms with Gasteiger partial charge in [0.2, 0.25) is 0 Å². The molecule has 2 N–H and O–H groups in total. The summed E-state index contributed by atoms with van der Waals surface area (Å²) in [6, 6.07) is 18.6.